The second-order valence-electron chi connectivity index (χ2n) is 6.48. The van der Waals surface area contributed by atoms with Gasteiger partial charge in [-0.2, -0.15) is 5.10 Å². The predicted octanol–water partition coefficient (Wildman–Crippen LogP) is 2.90. The van der Waals surface area contributed by atoms with Crippen molar-refractivity contribution in [2.75, 3.05) is 24.4 Å². The molecule has 3 rings (SSSR count). The van der Waals surface area contributed by atoms with Gasteiger partial charge in [0.25, 0.3) is 10.0 Å². The second-order valence-corrected chi connectivity index (χ2v) is 8.20. The maximum Gasteiger partial charge on any atom is 0.420 e. The van der Waals surface area contributed by atoms with Crippen molar-refractivity contribution in [3.05, 3.63) is 35.8 Å². The number of H-pyrrole nitrogens is 1. The van der Waals surface area contributed by atoms with Gasteiger partial charge in [0, 0.05) is 12.2 Å². The van der Waals surface area contributed by atoms with Crippen molar-refractivity contribution in [2.45, 2.75) is 32.3 Å². The Bertz CT molecular complexity index is 940. The van der Waals surface area contributed by atoms with Crippen molar-refractivity contribution in [3.63, 3.8) is 0 Å². The lowest BCUT2D eigenvalue weighted by atomic mass is 9.98. The Morgan fingerprint density at radius 1 is 1.34 bits per heavy atom. The Labute approximate surface area is 168 Å². The third kappa shape index (κ3) is 5.45. The topological polar surface area (TPSA) is 122 Å². The molecule has 0 aliphatic carbocycles. The lowest BCUT2D eigenvalue weighted by Crippen LogP contribution is -2.35. The fourth-order valence-electron chi connectivity index (χ4n) is 3.08. The van der Waals surface area contributed by atoms with Crippen LogP contribution in [0.2, 0.25) is 0 Å². The van der Waals surface area contributed by atoms with Crippen LogP contribution in [0.1, 0.15) is 38.0 Å². The number of carbonyl (C=O) groups excluding carboxylic acids is 1. The van der Waals surface area contributed by atoms with Crippen LogP contribution in [0.5, 0.6) is 0 Å². The molecule has 11 heteroatoms. The summed E-state index contributed by atoms with van der Waals surface area (Å²) in [6.07, 6.45) is 1.48. The van der Waals surface area contributed by atoms with Crippen molar-refractivity contribution in [2.24, 2.45) is 0 Å². The molecule has 0 spiro atoms. The van der Waals surface area contributed by atoms with E-state index in [1.54, 1.807) is 23.8 Å². The van der Waals surface area contributed by atoms with E-state index in [-0.39, 0.29) is 24.3 Å². The van der Waals surface area contributed by atoms with Crippen LogP contribution in [0.4, 0.5) is 15.0 Å². The van der Waals surface area contributed by atoms with E-state index in [2.05, 4.69) is 20.3 Å². The molecule has 0 bridgehead atoms. The number of hydrogen-bond acceptors (Lipinski definition) is 7. The van der Waals surface area contributed by atoms with Gasteiger partial charge in [-0.25, -0.2) is 22.3 Å². The second kappa shape index (κ2) is 9.23. The molecule has 2 aromatic rings. The number of ether oxygens (including phenoxy) is 2. The van der Waals surface area contributed by atoms with Crippen LogP contribution in [0.3, 0.4) is 0 Å². The largest absolute Gasteiger partial charge is 0.449 e. The number of sulfonamides is 1. The summed E-state index contributed by atoms with van der Waals surface area (Å²) in [5, 5.41) is 9.83. The molecule has 3 N–H and O–H groups in total. The highest BCUT2D eigenvalue weighted by molar-refractivity contribution is 7.90. The molecule has 2 heterocycles. The third-order valence-corrected chi connectivity index (χ3v) is 5.37. The molecule has 9 nitrogen and oxygen atoms in total. The predicted molar refractivity (Wildman–Crippen MR) is 104 cm³/mol. The number of nitrogens with one attached hydrogen (secondary N) is 3. The van der Waals surface area contributed by atoms with Gasteiger partial charge in [0.05, 0.1) is 18.4 Å². The van der Waals surface area contributed by atoms with Crippen LogP contribution in [0, 0.1) is 5.82 Å². The monoisotopic (exact) mass is 426 g/mol. The van der Waals surface area contributed by atoms with Crippen LogP contribution in [0.15, 0.2) is 24.3 Å². The summed E-state index contributed by atoms with van der Waals surface area (Å²) < 4.78 is 49.8. The van der Waals surface area contributed by atoms with Crippen molar-refractivity contribution >= 4 is 21.9 Å². The van der Waals surface area contributed by atoms with E-state index in [1.165, 1.54) is 12.1 Å². The zero-order chi connectivity index (χ0) is 20.9. The summed E-state index contributed by atoms with van der Waals surface area (Å²) in [4.78, 5) is 11.4. The number of amides is 1. The van der Waals surface area contributed by atoms with Gasteiger partial charge in [-0.05, 0) is 43.9 Å². The minimum atomic E-state index is -4.00. The van der Waals surface area contributed by atoms with Crippen molar-refractivity contribution in [3.8, 4) is 11.1 Å². The molecule has 1 aliphatic rings. The summed E-state index contributed by atoms with van der Waals surface area (Å²) >= 11 is 0. The standard InChI is InChI=1S/C18H23FN4O5S/c1-2-27-18(24)23-29(25,26)11-20-17-15(12-6-8-13(19)9-7-12)16(21-22-17)14-5-3-4-10-28-14/h6-9,14H,2-5,10-11H2,1H3,(H,23,24)(H2,20,21,22). The first-order chi connectivity index (χ1) is 13.9. The SMILES string of the molecule is CCOC(=O)NS(=O)(=O)CNc1n[nH]c(C2CCCCO2)c1-c1ccc(F)cc1. The summed E-state index contributed by atoms with van der Waals surface area (Å²) in [6, 6.07) is 5.81. The third-order valence-electron chi connectivity index (χ3n) is 4.37. The molecule has 1 aromatic carbocycles. The Balaban J connectivity index is 1.85. The molecule has 1 unspecified atom stereocenters. The van der Waals surface area contributed by atoms with Crippen LogP contribution in [-0.2, 0) is 19.5 Å². The van der Waals surface area contributed by atoms with Gasteiger partial charge in [-0.3, -0.25) is 5.10 Å². The Morgan fingerprint density at radius 3 is 2.76 bits per heavy atom. The van der Waals surface area contributed by atoms with Gasteiger partial charge in [-0.15, -0.1) is 0 Å². The van der Waals surface area contributed by atoms with Crippen molar-refractivity contribution in [1.29, 1.82) is 0 Å². The molecule has 1 saturated heterocycles. The van der Waals surface area contributed by atoms with E-state index in [0.29, 0.717) is 23.4 Å². The summed E-state index contributed by atoms with van der Waals surface area (Å²) in [5.74, 6) is -0.728. The van der Waals surface area contributed by atoms with Gasteiger partial charge in [0.1, 0.15) is 11.7 Å². The highest BCUT2D eigenvalue weighted by atomic mass is 32.2. The first kappa shape index (κ1) is 21.1. The zero-order valence-corrected chi connectivity index (χ0v) is 16.7. The smallest absolute Gasteiger partial charge is 0.420 e. The minimum Gasteiger partial charge on any atom is -0.449 e. The number of hydrogen-bond donors (Lipinski definition) is 3. The van der Waals surface area contributed by atoms with E-state index in [9.17, 15) is 17.6 Å². The van der Waals surface area contributed by atoms with Crippen LogP contribution >= 0.6 is 0 Å². The van der Waals surface area contributed by atoms with Gasteiger partial charge in [0.15, 0.2) is 5.82 Å². The van der Waals surface area contributed by atoms with Gasteiger partial charge < -0.3 is 14.8 Å². The molecular weight excluding hydrogens is 403 g/mol. The van der Waals surface area contributed by atoms with E-state index >= 15 is 0 Å². The van der Waals surface area contributed by atoms with E-state index in [4.69, 9.17) is 4.74 Å². The maximum atomic E-state index is 13.4. The molecule has 29 heavy (non-hydrogen) atoms. The number of carbonyl (C=O) groups is 1. The van der Waals surface area contributed by atoms with Crippen LogP contribution < -0.4 is 10.0 Å². The van der Waals surface area contributed by atoms with Crippen LogP contribution in [-0.4, -0.2) is 43.8 Å². The Kier molecular flexibility index (Phi) is 6.70. The number of benzene rings is 1. The highest BCUT2D eigenvalue weighted by Gasteiger charge is 2.26. The number of aromatic amines is 1. The minimum absolute atomic E-state index is 0.0492. The quantitative estimate of drug-likeness (QED) is 0.622. The molecule has 1 aromatic heterocycles. The lowest BCUT2D eigenvalue weighted by molar-refractivity contribution is 0.0126. The molecule has 1 atom stereocenters. The summed E-state index contributed by atoms with van der Waals surface area (Å²) in [5.41, 5.74) is 1.94. The molecule has 158 valence electrons. The normalized spacial score (nSPS) is 17.0. The number of halogens is 1. The summed E-state index contributed by atoms with van der Waals surface area (Å²) in [7, 11) is -4.00. The summed E-state index contributed by atoms with van der Waals surface area (Å²) in [6.45, 7) is 2.23. The first-order valence-corrected chi connectivity index (χ1v) is 10.9. The zero-order valence-electron chi connectivity index (χ0n) is 15.9. The average Bonchev–Trinajstić information content (AvgIpc) is 3.11. The fraction of sp³-hybridized carbons (Fsp3) is 0.444. The molecule has 1 aliphatic heterocycles. The lowest BCUT2D eigenvalue weighted by Gasteiger charge is -2.22. The first-order valence-electron chi connectivity index (χ1n) is 9.26. The number of nitrogens with zero attached hydrogens (tertiary/aromatic N) is 1. The van der Waals surface area contributed by atoms with E-state index < -0.39 is 22.0 Å². The average molecular weight is 426 g/mol. The van der Waals surface area contributed by atoms with Gasteiger partial charge in [-0.1, -0.05) is 12.1 Å². The van der Waals surface area contributed by atoms with Crippen LogP contribution in [0.25, 0.3) is 11.1 Å². The van der Waals surface area contributed by atoms with Crippen molar-refractivity contribution < 1.29 is 27.1 Å². The van der Waals surface area contributed by atoms with E-state index in [1.807, 2.05) is 0 Å². The maximum absolute atomic E-state index is 13.4. The van der Waals surface area contributed by atoms with Crippen molar-refractivity contribution in [1.82, 2.24) is 14.9 Å². The van der Waals surface area contributed by atoms with E-state index in [0.717, 1.165) is 19.3 Å². The fourth-order valence-corrected chi connectivity index (χ4v) is 3.79. The number of anilines is 1. The molecule has 1 amide bonds. The molecule has 0 radical (unpaired) electrons. The van der Waals surface area contributed by atoms with Gasteiger partial charge >= 0.3 is 6.09 Å². The Morgan fingerprint density at radius 2 is 2.10 bits per heavy atom. The Hall–Kier alpha value is -2.66. The number of rotatable bonds is 7. The highest BCUT2D eigenvalue weighted by Crippen LogP contribution is 2.38. The number of aromatic nitrogens is 2. The molecule has 1 fully saturated rings. The van der Waals surface area contributed by atoms with Gasteiger partial charge in [0.2, 0.25) is 0 Å². The molecule has 0 saturated carbocycles. The molecular formula is C18H23FN4O5S.